The predicted octanol–water partition coefficient (Wildman–Crippen LogP) is 4.29. The Morgan fingerprint density at radius 1 is 1.19 bits per heavy atom. The third kappa shape index (κ3) is 2.24. The van der Waals surface area contributed by atoms with Crippen LogP contribution in [0.15, 0.2) is 57.8 Å². The van der Waals surface area contributed by atoms with E-state index in [4.69, 9.17) is 10.2 Å². The summed E-state index contributed by atoms with van der Waals surface area (Å²) in [6.45, 7) is 0. The molecule has 0 amide bonds. The van der Waals surface area contributed by atoms with Gasteiger partial charge in [-0.2, -0.15) is 0 Å². The minimum atomic E-state index is -0.258. The first-order valence-corrected chi connectivity index (χ1v) is 7.78. The fourth-order valence-electron chi connectivity index (χ4n) is 2.79. The molecule has 2 unspecified atom stereocenters. The lowest BCUT2D eigenvalue weighted by molar-refractivity contribution is 0.486. The molecule has 2 heterocycles. The first kappa shape index (κ1) is 12.9. The maximum Gasteiger partial charge on any atom is 0.134 e. The van der Waals surface area contributed by atoms with Gasteiger partial charge in [0.25, 0.3) is 0 Å². The van der Waals surface area contributed by atoms with Crippen LogP contribution in [0.3, 0.4) is 0 Å². The molecule has 0 fully saturated rings. The normalized spacial score (nSPS) is 18.9. The molecule has 106 valence electrons. The van der Waals surface area contributed by atoms with E-state index in [0.29, 0.717) is 5.58 Å². The second kappa shape index (κ2) is 4.90. The average molecular weight is 299 g/mol. The average Bonchev–Trinajstić information content (AvgIpc) is 3.09. The van der Waals surface area contributed by atoms with Gasteiger partial charge in [-0.05, 0) is 42.3 Å². The van der Waals surface area contributed by atoms with Crippen LogP contribution in [0.25, 0.3) is 11.0 Å². The number of hydrogen-bond acceptors (Lipinski definition) is 3. The van der Waals surface area contributed by atoms with Crippen LogP contribution in [0.2, 0.25) is 0 Å². The van der Waals surface area contributed by atoms with Crippen molar-refractivity contribution in [1.29, 1.82) is 0 Å². The second-order valence-electron chi connectivity index (χ2n) is 5.32. The third-order valence-corrected chi connectivity index (χ3v) is 5.31. The smallest absolute Gasteiger partial charge is 0.134 e. The molecule has 0 saturated heterocycles. The summed E-state index contributed by atoms with van der Waals surface area (Å²) < 4.78 is 19.0. The van der Waals surface area contributed by atoms with Crippen LogP contribution in [0.5, 0.6) is 0 Å². The van der Waals surface area contributed by atoms with Crippen molar-refractivity contribution in [3.8, 4) is 0 Å². The van der Waals surface area contributed by atoms with Gasteiger partial charge in [0, 0.05) is 15.5 Å². The number of furan rings is 1. The molecule has 0 aliphatic carbocycles. The van der Waals surface area contributed by atoms with Crippen molar-refractivity contribution < 1.29 is 8.81 Å². The molecule has 1 aliphatic heterocycles. The van der Waals surface area contributed by atoms with E-state index < -0.39 is 0 Å². The first-order chi connectivity index (χ1) is 10.2. The van der Waals surface area contributed by atoms with E-state index in [9.17, 15) is 4.39 Å². The van der Waals surface area contributed by atoms with Crippen LogP contribution in [-0.2, 0) is 6.42 Å². The van der Waals surface area contributed by atoms with Crippen molar-refractivity contribution in [1.82, 2.24) is 0 Å². The number of thioether (sulfide) groups is 1. The minimum Gasteiger partial charge on any atom is -0.459 e. The van der Waals surface area contributed by atoms with Gasteiger partial charge in [0.05, 0.1) is 6.04 Å². The Kier molecular flexibility index (Phi) is 3.01. The zero-order chi connectivity index (χ0) is 14.4. The van der Waals surface area contributed by atoms with Crippen molar-refractivity contribution in [3.63, 3.8) is 0 Å². The number of benzene rings is 2. The van der Waals surface area contributed by atoms with E-state index in [1.54, 1.807) is 17.8 Å². The summed E-state index contributed by atoms with van der Waals surface area (Å²) in [6, 6.07) is 14.6. The maximum absolute atomic E-state index is 13.3. The summed E-state index contributed by atoms with van der Waals surface area (Å²) in [6.07, 6.45) is 0.938. The third-order valence-electron chi connectivity index (χ3n) is 3.90. The highest BCUT2D eigenvalue weighted by molar-refractivity contribution is 8.00. The molecule has 1 aliphatic rings. The summed E-state index contributed by atoms with van der Waals surface area (Å²) in [5.41, 5.74) is 8.39. The molecule has 2 nitrogen and oxygen atoms in total. The minimum absolute atomic E-state index is 0.196. The summed E-state index contributed by atoms with van der Waals surface area (Å²) in [5, 5.41) is 1.02. The summed E-state index contributed by atoms with van der Waals surface area (Å²) in [7, 11) is 0. The van der Waals surface area contributed by atoms with Gasteiger partial charge in [-0.25, -0.2) is 4.39 Å². The zero-order valence-electron chi connectivity index (χ0n) is 11.3. The van der Waals surface area contributed by atoms with Gasteiger partial charge in [0.2, 0.25) is 0 Å². The van der Waals surface area contributed by atoms with Crippen molar-refractivity contribution >= 4 is 22.7 Å². The topological polar surface area (TPSA) is 39.2 Å². The Labute approximate surface area is 126 Å². The molecule has 1 aromatic heterocycles. The number of nitrogens with two attached hydrogens (primary N) is 1. The highest BCUT2D eigenvalue weighted by Gasteiger charge is 2.30. The molecule has 0 bridgehead atoms. The van der Waals surface area contributed by atoms with E-state index in [0.717, 1.165) is 17.6 Å². The Morgan fingerprint density at radius 3 is 2.90 bits per heavy atom. The number of rotatable bonds is 2. The van der Waals surface area contributed by atoms with Crippen LogP contribution in [0.1, 0.15) is 17.4 Å². The maximum atomic E-state index is 13.3. The standard InChI is InChI=1S/C17H14FNOS/c18-12-5-6-13-11(7-12)8-14(20-13)17(19)16-9-10-3-1-2-4-15(10)21-16/h1-8,16-17H,9,19H2. The van der Waals surface area contributed by atoms with E-state index in [1.807, 2.05) is 12.1 Å². The molecule has 4 rings (SSSR count). The van der Waals surface area contributed by atoms with E-state index in [-0.39, 0.29) is 17.1 Å². The Hall–Kier alpha value is -1.78. The molecule has 4 heteroatoms. The molecule has 0 spiro atoms. The van der Waals surface area contributed by atoms with Crippen LogP contribution in [-0.4, -0.2) is 5.25 Å². The molecule has 2 aromatic carbocycles. The predicted molar refractivity (Wildman–Crippen MR) is 82.9 cm³/mol. The SMILES string of the molecule is NC(c1cc2cc(F)ccc2o1)C1Cc2ccccc2S1. The molecule has 3 aromatic rings. The van der Waals surface area contributed by atoms with Gasteiger partial charge in [0.15, 0.2) is 0 Å². The van der Waals surface area contributed by atoms with Crippen LogP contribution in [0, 0.1) is 5.82 Å². The van der Waals surface area contributed by atoms with Gasteiger partial charge < -0.3 is 10.2 Å². The monoisotopic (exact) mass is 299 g/mol. The number of hydrogen-bond donors (Lipinski definition) is 1. The Morgan fingerprint density at radius 2 is 2.05 bits per heavy atom. The summed E-state index contributed by atoms with van der Waals surface area (Å²) >= 11 is 1.79. The van der Waals surface area contributed by atoms with E-state index in [1.165, 1.54) is 22.6 Å². The van der Waals surface area contributed by atoms with Gasteiger partial charge >= 0.3 is 0 Å². The van der Waals surface area contributed by atoms with E-state index in [2.05, 4.69) is 18.2 Å². The molecule has 2 N–H and O–H groups in total. The fraction of sp³-hybridized carbons (Fsp3) is 0.176. The van der Waals surface area contributed by atoms with Crippen molar-refractivity contribution in [2.75, 3.05) is 0 Å². The lowest BCUT2D eigenvalue weighted by atomic mass is 10.0. The zero-order valence-corrected chi connectivity index (χ0v) is 12.1. The highest BCUT2D eigenvalue weighted by atomic mass is 32.2. The number of halogens is 1. The van der Waals surface area contributed by atoms with Gasteiger partial charge in [0.1, 0.15) is 17.2 Å². The van der Waals surface area contributed by atoms with Gasteiger partial charge in [-0.1, -0.05) is 18.2 Å². The molecular weight excluding hydrogens is 285 g/mol. The van der Waals surface area contributed by atoms with Gasteiger partial charge in [-0.15, -0.1) is 11.8 Å². The van der Waals surface area contributed by atoms with Crippen LogP contribution >= 0.6 is 11.8 Å². The second-order valence-corrected chi connectivity index (χ2v) is 6.61. The van der Waals surface area contributed by atoms with Crippen molar-refractivity contribution in [2.45, 2.75) is 22.6 Å². The van der Waals surface area contributed by atoms with Crippen LogP contribution < -0.4 is 5.73 Å². The van der Waals surface area contributed by atoms with Crippen molar-refractivity contribution in [3.05, 3.63) is 65.7 Å². The molecular formula is C17H14FNOS. The largest absolute Gasteiger partial charge is 0.459 e. The van der Waals surface area contributed by atoms with Crippen molar-refractivity contribution in [2.24, 2.45) is 5.73 Å². The van der Waals surface area contributed by atoms with Crippen LogP contribution in [0.4, 0.5) is 4.39 Å². The molecule has 0 saturated carbocycles. The van der Waals surface area contributed by atoms with E-state index >= 15 is 0 Å². The quantitative estimate of drug-likeness (QED) is 0.767. The fourth-order valence-corrected chi connectivity index (χ4v) is 4.12. The summed E-state index contributed by atoms with van der Waals surface area (Å²) in [4.78, 5) is 1.29. The lowest BCUT2D eigenvalue weighted by Gasteiger charge is -2.15. The Bertz CT molecular complexity index is 788. The Balaban J connectivity index is 1.64. The van der Waals surface area contributed by atoms with Gasteiger partial charge in [-0.3, -0.25) is 0 Å². The molecule has 2 atom stereocenters. The first-order valence-electron chi connectivity index (χ1n) is 6.90. The molecule has 21 heavy (non-hydrogen) atoms. The molecule has 0 radical (unpaired) electrons. The highest BCUT2D eigenvalue weighted by Crippen LogP contribution is 2.42. The number of fused-ring (bicyclic) bond motifs is 2. The lowest BCUT2D eigenvalue weighted by Crippen LogP contribution is -2.22. The summed E-state index contributed by atoms with van der Waals surface area (Å²) in [5.74, 6) is 0.465.